The van der Waals surface area contributed by atoms with Crippen LogP contribution >= 0.6 is 12.2 Å². The number of ether oxygens (including phenoxy) is 1. The number of hydrogen-bond acceptors (Lipinski definition) is 2. The predicted molar refractivity (Wildman–Crippen MR) is 68.1 cm³/mol. The van der Waals surface area contributed by atoms with E-state index in [-0.39, 0.29) is 0 Å². The van der Waals surface area contributed by atoms with Gasteiger partial charge in [0.15, 0.2) is 0 Å². The highest BCUT2D eigenvalue weighted by molar-refractivity contribution is 7.80. The van der Waals surface area contributed by atoms with Crippen molar-refractivity contribution in [3.63, 3.8) is 0 Å². The summed E-state index contributed by atoms with van der Waals surface area (Å²) in [6, 6.07) is 0. The third-order valence-corrected chi connectivity index (χ3v) is 3.18. The van der Waals surface area contributed by atoms with Gasteiger partial charge in [0, 0.05) is 6.61 Å². The zero-order valence-corrected chi connectivity index (χ0v) is 10.4. The molecule has 2 nitrogen and oxygen atoms in total. The van der Waals surface area contributed by atoms with E-state index in [0.29, 0.717) is 11.1 Å². The highest BCUT2D eigenvalue weighted by Gasteiger charge is 2.11. The summed E-state index contributed by atoms with van der Waals surface area (Å²) in [7, 11) is 0. The molecule has 1 fully saturated rings. The first-order chi connectivity index (χ1) is 7.29. The van der Waals surface area contributed by atoms with Crippen LogP contribution in [0.3, 0.4) is 0 Å². The Balaban J connectivity index is 1.96. The first kappa shape index (κ1) is 12.9. The molecule has 0 aromatic heterocycles. The molecule has 1 saturated carbocycles. The lowest BCUT2D eigenvalue weighted by Gasteiger charge is -2.14. The van der Waals surface area contributed by atoms with Crippen LogP contribution in [0, 0.1) is 0 Å². The minimum atomic E-state index is 0.525. The van der Waals surface area contributed by atoms with Gasteiger partial charge in [0.2, 0.25) is 0 Å². The molecule has 2 N–H and O–H groups in total. The third-order valence-electron chi connectivity index (χ3n) is 2.97. The molecule has 0 saturated heterocycles. The first-order valence-corrected chi connectivity index (χ1v) is 6.60. The Bertz CT molecular complexity index is 176. The fourth-order valence-corrected chi connectivity index (χ4v) is 2.20. The molecule has 1 aliphatic carbocycles. The van der Waals surface area contributed by atoms with Crippen LogP contribution in [0.4, 0.5) is 0 Å². The molecule has 0 amide bonds. The van der Waals surface area contributed by atoms with Crippen molar-refractivity contribution in [1.29, 1.82) is 0 Å². The van der Waals surface area contributed by atoms with Gasteiger partial charge in [-0.3, -0.25) is 0 Å². The van der Waals surface area contributed by atoms with Crippen LogP contribution in [0.15, 0.2) is 0 Å². The van der Waals surface area contributed by atoms with Gasteiger partial charge < -0.3 is 10.5 Å². The number of thiocarbonyl (C=S) groups is 1. The molecule has 0 aromatic rings. The minimum absolute atomic E-state index is 0.525. The molecule has 0 spiro atoms. The van der Waals surface area contributed by atoms with Gasteiger partial charge in [-0.05, 0) is 32.1 Å². The summed E-state index contributed by atoms with van der Waals surface area (Å²) in [4.78, 5) is 0.629. The Morgan fingerprint density at radius 2 is 1.80 bits per heavy atom. The van der Waals surface area contributed by atoms with Gasteiger partial charge in [-0.15, -0.1) is 0 Å². The molecule has 0 aliphatic heterocycles. The average Bonchev–Trinajstić information content (AvgIpc) is 2.45. The van der Waals surface area contributed by atoms with Crippen molar-refractivity contribution >= 4 is 17.2 Å². The quantitative estimate of drug-likeness (QED) is 0.431. The number of hydrogen-bond donors (Lipinski definition) is 1. The van der Waals surface area contributed by atoms with Crippen molar-refractivity contribution in [1.82, 2.24) is 0 Å². The second kappa shape index (κ2) is 8.05. The van der Waals surface area contributed by atoms with Gasteiger partial charge in [0.25, 0.3) is 0 Å². The van der Waals surface area contributed by atoms with Crippen LogP contribution in [0.25, 0.3) is 0 Å². The standard InChI is InChI=1S/C12H23NOS/c13-12(15)9-5-6-10-14-11-7-3-1-2-4-8-11/h11H,1-10H2,(H2,13,15). The molecule has 15 heavy (non-hydrogen) atoms. The van der Waals surface area contributed by atoms with Gasteiger partial charge in [0.1, 0.15) is 0 Å². The van der Waals surface area contributed by atoms with E-state index in [4.69, 9.17) is 22.7 Å². The molecule has 88 valence electrons. The largest absolute Gasteiger partial charge is 0.393 e. The summed E-state index contributed by atoms with van der Waals surface area (Å²) in [5.74, 6) is 0. The Labute approximate surface area is 98.6 Å². The summed E-state index contributed by atoms with van der Waals surface area (Å²) in [5.41, 5.74) is 5.43. The van der Waals surface area contributed by atoms with Crippen LogP contribution in [0.1, 0.15) is 57.8 Å². The van der Waals surface area contributed by atoms with E-state index >= 15 is 0 Å². The summed E-state index contributed by atoms with van der Waals surface area (Å²) in [6.45, 7) is 0.882. The molecule has 0 atom stereocenters. The number of nitrogens with two attached hydrogens (primary N) is 1. The molecular weight excluding hydrogens is 206 g/mol. The van der Waals surface area contributed by atoms with Crippen molar-refractivity contribution in [3.8, 4) is 0 Å². The maximum Gasteiger partial charge on any atom is 0.0727 e. The SMILES string of the molecule is NC(=S)CCCCOC1CCCCCC1. The van der Waals surface area contributed by atoms with Crippen LogP contribution in [-0.4, -0.2) is 17.7 Å². The van der Waals surface area contributed by atoms with E-state index in [9.17, 15) is 0 Å². The van der Waals surface area contributed by atoms with Crippen molar-refractivity contribution in [2.75, 3.05) is 6.61 Å². The maximum atomic E-state index is 5.86. The van der Waals surface area contributed by atoms with Gasteiger partial charge >= 0.3 is 0 Å². The van der Waals surface area contributed by atoms with E-state index in [0.717, 1.165) is 25.9 Å². The van der Waals surface area contributed by atoms with Crippen LogP contribution in [0.5, 0.6) is 0 Å². The lowest BCUT2D eigenvalue weighted by atomic mass is 10.1. The van der Waals surface area contributed by atoms with Crippen LogP contribution in [0.2, 0.25) is 0 Å². The molecule has 1 aliphatic rings. The fraction of sp³-hybridized carbons (Fsp3) is 0.917. The highest BCUT2D eigenvalue weighted by atomic mass is 32.1. The van der Waals surface area contributed by atoms with Gasteiger partial charge in [-0.1, -0.05) is 37.9 Å². The van der Waals surface area contributed by atoms with Gasteiger partial charge in [0.05, 0.1) is 11.1 Å². The second-order valence-electron chi connectivity index (χ2n) is 4.41. The van der Waals surface area contributed by atoms with E-state index < -0.39 is 0 Å². The van der Waals surface area contributed by atoms with E-state index in [1.165, 1.54) is 38.5 Å². The number of unbranched alkanes of at least 4 members (excludes halogenated alkanes) is 1. The first-order valence-electron chi connectivity index (χ1n) is 6.19. The lowest BCUT2D eigenvalue weighted by molar-refractivity contribution is 0.0412. The highest BCUT2D eigenvalue weighted by Crippen LogP contribution is 2.19. The number of rotatable bonds is 6. The Morgan fingerprint density at radius 3 is 2.40 bits per heavy atom. The minimum Gasteiger partial charge on any atom is -0.393 e. The van der Waals surface area contributed by atoms with Crippen molar-refractivity contribution in [2.45, 2.75) is 63.9 Å². The summed E-state index contributed by atoms with van der Waals surface area (Å²) >= 11 is 4.83. The summed E-state index contributed by atoms with van der Waals surface area (Å²) in [5, 5.41) is 0. The van der Waals surface area contributed by atoms with Crippen molar-refractivity contribution < 1.29 is 4.74 Å². The van der Waals surface area contributed by atoms with Gasteiger partial charge in [-0.25, -0.2) is 0 Å². The Kier molecular flexibility index (Phi) is 6.94. The molecule has 0 radical (unpaired) electrons. The molecular formula is C12H23NOS. The van der Waals surface area contributed by atoms with Crippen LogP contribution in [-0.2, 0) is 4.74 Å². The average molecular weight is 229 g/mol. The molecule has 0 aromatic carbocycles. The summed E-state index contributed by atoms with van der Waals surface area (Å²) in [6.07, 6.45) is 11.5. The zero-order chi connectivity index (χ0) is 10.9. The zero-order valence-electron chi connectivity index (χ0n) is 9.54. The normalized spacial score (nSPS) is 18.7. The van der Waals surface area contributed by atoms with Crippen molar-refractivity contribution in [2.24, 2.45) is 5.73 Å². The maximum absolute atomic E-state index is 5.86. The Hall–Kier alpha value is -0.150. The van der Waals surface area contributed by atoms with E-state index in [2.05, 4.69) is 0 Å². The fourth-order valence-electron chi connectivity index (χ4n) is 2.06. The molecule has 0 bridgehead atoms. The summed E-state index contributed by atoms with van der Waals surface area (Å²) < 4.78 is 5.86. The van der Waals surface area contributed by atoms with Crippen molar-refractivity contribution in [3.05, 3.63) is 0 Å². The lowest BCUT2D eigenvalue weighted by Crippen LogP contribution is -2.13. The molecule has 1 rings (SSSR count). The predicted octanol–water partition coefficient (Wildman–Crippen LogP) is 3.18. The second-order valence-corrected chi connectivity index (χ2v) is 4.93. The van der Waals surface area contributed by atoms with E-state index in [1.807, 2.05) is 0 Å². The Morgan fingerprint density at radius 1 is 1.13 bits per heavy atom. The van der Waals surface area contributed by atoms with E-state index in [1.54, 1.807) is 0 Å². The molecule has 3 heteroatoms. The van der Waals surface area contributed by atoms with Crippen LogP contribution < -0.4 is 5.73 Å². The molecule has 0 unspecified atom stereocenters. The molecule has 0 heterocycles. The monoisotopic (exact) mass is 229 g/mol. The third kappa shape index (κ3) is 6.85. The topological polar surface area (TPSA) is 35.2 Å². The smallest absolute Gasteiger partial charge is 0.0727 e. The van der Waals surface area contributed by atoms with Gasteiger partial charge in [-0.2, -0.15) is 0 Å².